The fourth-order valence-corrected chi connectivity index (χ4v) is 3.81. The molecule has 0 aliphatic rings. The first-order valence-corrected chi connectivity index (χ1v) is 10.6. The summed E-state index contributed by atoms with van der Waals surface area (Å²) in [5.74, 6) is -0.641. The smallest absolute Gasteiger partial charge is 0.257 e. The lowest BCUT2D eigenvalue weighted by Crippen LogP contribution is -2.25. The van der Waals surface area contributed by atoms with E-state index >= 15 is 0 Å². The Morgan fingerprint density at radius 2 is 1.94 bits per heavy atom. The molecule has 2 aromatic heterocycles. The van der Waals surface area contributed by atoms with E-state index in [0.29, 0.717) is 18.7 Å². The molecule has 8 heteroatoms. The van der Waals surface area contributed by atoms with Crippen LogP contribution in [0.5, 0.6) is 0 Å². The summed E-state index contributed by atoms with van der Waals surface area (Å²) in [5, 5.41) is 11.5. The Bertz CT molecular complexity index is 1230. The molecule has 2 heterocycles. The third-order valence-corrected chi connectivity index (χ3v) is 5.53. The number of hydrogen-bond acceptors (Lipinski definition) is 4. The molecule has 2 aromatic carbocycles. The lowest BCUT2D eigenvalue weighted by molar-refractivity contribution is 0.0952. The highest BCUT2D eigenvalue weighted by molar-refractivity contribution is 6.33. The van der Waals surface area contributed by atoms with E-state index in [4.69, 9.17) is 16.1 Å². The quantitative estimate of drug-likeness (QED) is 0.386. The van der Waals surface area contributed by atoms with Crippen molar-refractivity contribution in [3.63, 3.8) is 0 Å². The third-order valence-electron chi connectivity index (χ3n) is 5.22. The lowest BCUT2D eigenvalue weighted by atomic mass is 10.0. The van der Waals surface area contributed by atoms with Crippen LogP contribution in [0, 0.1) is 19.7 Å². The van der Waals surface area contributed by atoms with E-state index in [2.05, 4.69) is 15.6 Å². The summed E-state index contributed by atoms with van der Waals surface area (Å²) in [5.41, 5.74) is 3.40. The second-order valence-corrected chi connectivity index (χ2v) is 7.85. The molecule has 4 aromatic rings. The Morgan fingerprint density at radius 1 is 1.16 bits per heavy atom. The topological polar surface area (TPSA) is 73.0 Å². The first-order valence-electron chi connectivity index (χ1n) is 10.2. The highest BCUT2D eigenvalue weighted by Crippen LogP contribution is 2.33. The van der Waals surface area contributed by atoms with Gasteiger partial charge in [0.05, 0.1) is 22.0 Å². The number of aryl methyl sites for hydroxylation is 3. The molecule has 0 aliphatic heterocycles. The monoisotopic (exact) mass is 452 g/mol. The highest BCUT2D eigenvalue weighted by atomic mass is 35.5. The predicted octanol–water partition coefficient (Wildman–Crippen LogP) is 5.30. The molecule has 0 aliphatic carbocycles. The minimum Gasteiger partial charge on any atom is -0.360 e. The normalized spacial score (nSPS) is 11.0. The SMILES string of the molecule is Cc1nn(-c2ccccc2)cc1CCCNC(=O)c1c(-c2c(F)cccc2Cl)noc1C. The first kappa shape index (κ1) is 21.8. The Kier molecular flexibility index (Phi) is 6.37. The third kappa shape index (κ3) is 4.43. The van der Waals surface area contributed by atoms with Gasteiger partial charge in [0.15, 0.2) is 0 Å². The number of para-hydroxylation sites is 1. The maximum atomic E-state index is 14.3. The fraction of sp³-hybridized carbons (Fsp3) is 0.208. The summed E-state index contributed by atoms with van der Waals surface area (Å²) in [6, 6.07) is 14.2. The molecule has 0 bridgehead atoms. The molecule has 0 radical (unpaired) electrons. The highest BCUT2D eigenvalue weighted by Gasteiger charge is 2.25. The average molecular weight is 453 g/mol. The maximum absolute atomic E-state index is 14.3. The largest absolute Gasteiger partial charge is 0.360 e. The Hall–Kier alpha value is -3.45. The zero-order valence-corrected chi connectivity index (χ0v) is 18.5. The zero-order chi connectivity index (χ0) is 22.7. The van der Waals surface area contributed by atoms with Crippen molar-refractivity contribution in [2.24, 2.45) is 0 Å². The molecule has 0 atom stereocenters. The van der Waals surface area contributed by atoms with E-state index in [-0.39, 0.29) is 27.8 Å². The lowest BCUT2D eigenvalue weighted by Gasteiger charge is -2.07. The van der Waals surface area contributed by atoms with Gasteiger partial charge in [-0.2, -0.15) is 5.10 Å². The standard InChI is InChI=1S/C24H22ClFN4O2/c1-15-17(14-30(28-15)18-9-4-3-5-10-18)8-7-13-27-24(31)21-16(2)32-29-23(21)22-19(25)11-6-12-20(22)26/h3-6,9-12,14H,7-8,13H2,1-2H3,(H,27,31). The molecule has 4 rings (SSSR count). The van der Waals surface area contributed by atoms with Gasteiger partial charge in [-0.15, -0.1) is 0 Å². The van der Waals surface area contributed by atoms with Crippen molar-refractivity contribution in [3.8, 4) is 16.9 Å². The Balaban J connectivity index is 1.41. The zero-order valence-electron chi connectivity index (χ0n) is 17.7. The van der Waals surface area contributed by atoms with Crippen LogP contribution in [0.3, 0.4) is 0 Å². The molecule has 0 unspecified atom stereocenters. The number of nitrogens with zero attached hydrogens (tertiary/aromatic N) is 3. The number of nitrogens with one attached hydrogen (secondary N) is 1. The van der Waals surface area contributed by atoms with Crippen molar-refractivity contribution < 1.29 is 13.7 Å². The van der Waals surface area contributed by atoms with Crippen LogP contribution in [0.1, 0.15) is 33.8 Å². The summed E-state index contributed by atoms with van der Waals surface area (Å²) in [6.45, 7) is 4.02. The molecule has 0 saturated carbocycles. The van der Waals surface area contributed by atoms with E-state index < -0.39 is 5.82 Å². The Morgan fingerprint density at radius 3 is 2.69 bits per heavy atom. The molecule has 0 saturated heterocycles. The van der Waals surface area contributed by atoms with Crippen LogP contribution in [0.15, 0.2) is 59.3 Å². The molecule has 1 amide bonds. The van der Waals surface area contributed by atoms with Gasteiger partial charge >= 0.3 is 0 Å². The van der Waals surface area contributed by atoms with Gasteiger partial charge in [0.2, 0.25) is 0 Å². The second kappa shape index (κ2) is 9.36. The summed E-state index contributed by atoms with van der Waals surface area (Å²) in [4.78, 5) is 12.8. The minimum atomic E-state index is -0.564. The van der Waals surface area contributed by atoms with E-state index in [9.17, 15) is 9.18 Å². The van der Waals surface area contributed by atoms with Gasteiger partial charge in [-0.25, -0.2) is 9.07 Å². The van der Waals surface area contributed by atoms with Crippen LogP contribution in [0.4, 0.5) is 4.39 Å². The van der Waals surface area contributed by atoms with Gasteiger partial charge in [-0.3, -0.25) is 4.79 Å². The van der Waals surface area contributed by atoms with E-state index in [0.717, 1.165) is 23.4 Å². The van der Waals surface area contributed by atoms with Gasteiger partial charge in [0, 0.05) is 12.7 Å². The number of aromatic nitrogens is 3. The number of rotatable bonds is 7. The van der Waals surface area contributed by atoms with Crippen LogP contribution in [0.2, 0.25) is 5.02 Å². The molecule has 164 valence electrons. The summed E-state index contributed by atoms with van der Waals surface area (Å²) in [6.07, 6.45) is 3.48. The molecule has 6 nitrogen and oxygen atoms in total. The summed E-state index contributed by atoms with van der Waals surface area (Å²) in [7, 11) is 0. The number of carbonyl (C=O) groups is 1. The maximum Gasteiger partial charge on any atom is 0.257 e. The molecule has 0 fully saturated rings. The number of hydrogen-bond donors (Lipinski definition) is 1. The van der Waals surface area contributed by atoms with Crippen molar-refractivity contribution in [3.05, 3.63) is 88.1 Å². The van der Waals surface area contributed by atoms with E-state index in [1.807, 2.05) is 48.1 Å². The molecular formula is C24H22ClFN4O2. The van der Waals surface area contributed by atoms with Crippen LogP contribution in [-0.4, -0.2) is 27.4 Å². The van der Waals surface area contributed by atoms with Crippen molar-refractivity contribution in [1.29, 1.82) is 0 Å². The Labute approximate surface area is 190 Å². The number of halogens is 2. The minimum absolute atomic E-state index is 0.0557. The first-order chi connectivity index (χ1) is 15.5. The van der Waals surface area contributed by atoms with Gasteiger partial charge in [0.1, 0.15) is 22.8 Å². The molecular weight excluding hydrogens is 431 g/mol. The van der Waals surface area contributed by atoms with Crippen molar-refractivity contribution in [2.75, 3.05) is 6.54 Å². The van der Waals surface area contributed by atoms with E-state index in [1.54, 1.807) is 13.0 Å². The number of benzene rings is 2. The second-order valence-electron chi connectivity index (χ2n) is 7.44. The van der Waals surface area contributed by atoms with E-state index in [1.165, 1.54) is 12.1 Å². The van der Waals surface area contributed by atoms with Crippen LogP contribution >= 0.6 is 11.6 Å². The van der Waals surface area contributed by atoms with Crippen molar-refractivity contribution in [2.45, 2.75) is 26.7 Å². The van der Waals surface area contributed by atoms with Gasteiger partial charge in [0.25, 0.3) is 5.91 Å². The average Bonchev–Trinajstić information content (AvgIpc) is 3.34. The van der Waals surface area contributed by atoms with Crippen molar-refractivity contribution >= 4 is 17.5 Å². The van der Waals surface area contributed by atoms with Crippen molar-refractivity contribution in [1.82, 2.24) is 20.3 Å². The summed E-state index contributed by atoms with van der Waals surface area (Å²) < 4.78 is 21.4. The fourth-order valence-electron chi connectivity index (χ4n) is 3.56. The predicted molar refractivity (Wildman–Crippen MR) is 121 cm³/mol. The van der Waals surface area contributed by atoms with Crippen LogP contribution in [-0.2, 0) is 6.42 Å². The summed E-state index contributed by atoms with van der Waals surface area (Å²) >= 11 is 6.14. The molecule has 1 N–H and O–H groups in total. The molecule has 32 heavy (non-hydrogen) atoms. The number of amides is 1. The number of carbonyl (C=O) groups excluding carboxylic acids is 1. The van der Waals surface area contributed by atoms with Gasteiger partial charge in [-0.05, 0) is 56.5 Å². The molecule has 0 spiro atoms. The van der Waals surface area contributed by atoms with Gasteiger partial charge in [-0.1, -0.05) is 41.0 Å². The van der Waals surface area contributed by atoms with Crippen LogP contribution in [0.25, 0.3) is 16.9 Å². The van der Waals surface area contributed by atoms with Crippen LogP contribution < -0.4 is 5.32 Å². The van der Waals surface area contributed by atoms with Gasteiger partial charge < -0.3 is 9.84 Å².